The van der Waals surface area contributed by atoms with Gasteiger partial charge in [0.15, 0.2) is 0 Å². The zero-order valence-corrected chi connectivity index (χ0v) is 8.77. The van der Waals surface area contributed by atoms with Gasteiger partial charge in [-0.3, -0.25) is 0 Å². The van der Waals surface area contributed by atoms with Crippen LogP contribution in [0, 0.1) is 11.7 Å². The summed E-state index contributed by atoms with van der Waals surface area (Å²) >= 11 is 0. The van der Waals surface area contributed by atoms with Gasteiger partial charge < -0.3 is 5.73 Å². The average Bonchev–Trinajstić information content (AvgIpc) is 2.01. The minimum absolute atomic E-state index is 0. The van der Waals surface area contributed by atoms with Crippen LogP contribution in [0.2, 0.25) is 0 Å². The van der Waals surface area contributed by atoms with Crippen LogP contribution in [0.3, 0.4) is 0 Å². The summed E-state index contributed by atoms with van der Waals surface area (Å²) in [5.41, 5.74) is 6.63. The van der Waals surface area contributed by atoms with Crippen LogP contribution < -0.4 is 5.73 Å². The summed E-state index contributed by atoms with van der Waals surface area (Å²) in [4.78, 5) is 0. The predicted octanol–water partition coefficient (Wildman–Crippen LogP) is 3.05. The van der Waals surface area contributed by atoms with Crippen molar-refractivity contribution in [3.05, 3.63) is 35.6 Å². The first-order valence-electron chi connectivity index (χ1n) is 4.79. The van der Waals surface area contributed by atoms with Gasteiger partial charge in [-0.1, -0.05) is 24.6 Å². The van der Waals surface area contributed by atoms with Crippen molar-refractivity contribution >= 4 is 12.4 Å². The van der Waals surface area contributed by atoms with Crippen molar-refractivity contribution in [1.82, 2.24) is 0 Å². The molecule has 1 aromatic rings. The van der Waals surface area contributed by atoms with Crippen molar-refractivity contribution in [1.29, 1.82) is 0 Å². The van der Waals surface area contributed by atoms with Crippen LogP contribution in [0.5, 0.6) is 0 Å². The second-order valence-corrected chi connectivity index (χ2v) is 3.74. The molecule has 1 aromatic carbocycles. The number of rotatable bonds is 2. The number of hydrogen-bond donors (Lipinski definition) is 1. The van der Waals surface area contributed by atoms with Gasteiger partial charge in [0.2, 0.25) is 0 Å². The lowest BCUT2D eigenvalue weighted by molar-refractivity contribution is 0.260. The number of hydrogen-bond acceptors (Lipinski definition) is 1. The molecule has 0 radical (unpaired) electrons. The molecule has 0 saturated heterocycles. The van der Waals surface area contributed by atoms with Crippen LogP contribution in [0.1, 0.15) is 30.9 Å². The van der Waals surface area contributed by atoms with Gasteiger partial charge in [-0.05, 0) is 24.8 Å². The third-order valence-electron chi connectivity index (χ3n) is 2.92. The van der Waals surface area contributed by atoms with Gasteiger partial charge in [-0.2, -0.15) is 0 Å². The van der Waals surface area contributed by atoms with Crippen LogP contribution in [0.15, 0.2) is 24.3 Å². The van der Waals surface area contributed by atoms with Gasteiger partial charge in [0, 0.05) is 11.6 Å². The molecule has 1 saturated carbocycles. The van der Waals surface area contributed by atoms with E-state index in [4.69, 9.17) is 5.73 Å². The van der Waals surface area contributed by atoms with Crippen molar-refractivity contribution in [2.45, 2.75) is 25.3 Å². The molecule has 1 nitrogen and oxygen atoms in total. The Hall–Kier alpha value is -0.600. The summed E-state index contributed by atoms with van der Waals surface area (Å²) in [5, 5.41) is 0. The van der Waals surface area contributed by atoms with Crippen LogP contribution in [0.25, 0.3) is 0 Å². The van der Waals surface area contributed by atoms with Gasteiger partial charge in [0.25, 0.3) is 0 Å². The third kappa shape index (κ3) is 2.07. The lowest BCUT2D eigenvalue weighted by Gasteiger charge is -2.31. The minimum Gasteiger partial charge on any atom is -0.324 e. The van der Waals surface area contributed by atoms with Crippen LogP contribution in [0.4, 0.5) is 4.39 Å². The van der Waals surface area contributed by atoms with E-state index >= 15 is 0 Å². The Morgan fingerprint density at radius 1 is 1.29 bits per heavy atom. The first-order valence-corrected chi connectivity index (χ1v) is 4.79. The standard InChI is InChI=1S/C11H14FN.ClH/c12-10-7-2-1-6-9(10)11(13)8-4-3-5-8;/h1-2,6-8,11H,3-5,13H2;1H/t11-;/m1./s1. The number of halogens is 2. The van der Waals surface area contributed by atoms with E-state index in [0.29, 0.717) is 11.5 Å². The van der Waals surface area contributed by atoms with Crippen LogP contribution >= 0.6 is 12.4 Å². The Morgan fingerprint density at radius 3 is 2.43 bits per heavy atom. The van der Waals surface area contributed by atoms with Crippen LogP contribution in [-0.4, -0.2) is 0 Å². The number of nitrogens with two attached hydrogens (primary N) is 1. The third-order valence-corrected chi connectivity index (χ3v) is 2.92. The summed E-state index contributed by atoms with van der Waals surface area (Å²) in [6, 6.07) is 6.71. The molecule has 0 aliphatic heterocycles. The lowest BCUT2D eigenvalue weighted by Crippen LogP contribution is -2.27. The maximum absolute atomic E-state index is 13.3. The number of benzene rings is 1. The van der Waals surface area contributed by atoms with Gasteiger partial charge in [-0.15, -0.1) is 12.4 Å². The van der Waals surface area contributed by atoms with Gasteiger partial charge in [-0.25, -0.2) is 4.39 Å². The van der Waals surface area contributed by atoms with Gasteiger partial charge >= 0.3 is 0 Å². The predicted molar refractivity (Wildman–Crippen MR) is 57.9 cm³/mol. The molecule has 2 rings (SSSR count). The fraction of sp³-hybridized carbons (Fsp3) is 0.455. The van der Waals surface area contributed by atoms with E-state index in [1.165, 1.54) is 12.5 Å². The first-order chi connectivity index (χ1) is 6.29. The van der Waals surface area contributed by atoms with E-state index in [9.17, 15) is 4.39 Å². The molecule has 1 atom stereocenters. The quantitative estimate of drug-likeness (QED) is 0.807. The molecular formula is C11H15ClFN. The molecule has 0 unspecified atom stereocenters. The molecule has 0 aromatic heterocycles. The van der Waals surface area contributed by atoms with Gasteiger partial charge in [0.1, 0.15) is 5.82 Å². The molecular weight excluding hydrogens is 201 g/mol. The fourth-order valence-corrected chi connectivity index (χ4v) is 1.80. The maximum atomic E-state index is 13.3. The Bertz CT molecular complexity index is 299. The maximum Gasteiger partial charge on any atom is 0.127 e. The highest BCUT2D eigenvalue weighted by Gasteiger charge is 2.26. The highest BCUT2D eigenvalue weighted by Crippen LogP contribution is 2.36. The molecule has 3 heteroatoms. The monoisotopic (exact) mass is 215 g/mol. The molecule has 0 amide bonds. The Kier molecular flexibility index (Phi) is 3.90. The van der Waals surface area contributed by atoms with E-state index in [0.717, 1.165) is 12.8 Å². The van der Waals surface area contributed by atoms with E-state index in [2.05, 4.69) is 0 Å². The zero-order valence-electron chi connectivity index (χ0n) is 7.95. The van der Waals surface area contributed by atoms with Gasteiger partial charge in [0.05, 0.1) is 0 Å². The second-order valence-electron chi connectivity index (χ2n) is 3.74. The fourth-order valence-electron chi connectivity index (χ4n) is 1.80. The molecule has 0 bridgehead atoms. The Labute approximate surface area is 89.9 Å². The van der Waals surface area contributed by atoms with E-state index in [1.54, 1.807) is 12.1 Å². The van der Waals surface area contributed by atoms with Crippen molar-refractivity contribution in [3.63, 3.8) is 0 Å². The van der Waals surface area contributed by atoms with E-state index < -0.39 is 0 Å². The van der Waals surface area contributed by atoms with Crippen molar-refractivity contribution in [2.75, 3.05) is 0 Å². The largest absolute Gasteiger partial charge is 0.324 e. The average molecular weight is 216 g/mol. The molecule has 78 valence electrons. The van der Waals surface area contributed by atoms with Crippen molar-refractivity contribution in [2.24, 2.45) is 11.7 Å². The smallest absolute Gasteiger partial charge is 0.127 e. The highest BCUT2D eigenvalue weighted by atomic mass is 35.5. The van der Waals surface area contributed by atoms with E-state index in [-0.39, 0.29) is 24.3 Å². The summed E-state index contributed by atoms with van der Waals surface area (Å²) in [6.07, 6.45) is 3.54. The highest BCUT2D eigenvalue weighted by molar-refractivity contribution is 5.85. The molecule has 14 heavy (non-hydrogen) atoms. The summed E-state index contributed by atoms with van der Waals surface area (Å²) in [7, 11) is 0. The molecule has 1 fully saturated rings. The topological polar surface area (TPSA) is 26.0 Å². The zero-order chi connectivity index (χ0) is 9.26. The molecule has 0 spiro atoms. The van der Waals surface area contributed by atoms with E-state index in [1.807, 2.05) is 6.07 Å². The summed E-state index contributed by atoms with van der Waals surface area (Å²) in [5.74, 6) is 0.332. The molecule has 0 heterocycles. The Balaban J connectivity index is 0.000000980. The Morgan fingerprint density at radius 2 is 1.93 bits per heavy atom. The first kappa shape index (κ1) is 11.5. The summed E-state index contributed by atoms with van der Waals surface area (Å²) in [6.45, 7) is 0. The second kappa shape index (κ2) is 4.76. The normalized spacial score (nSPS) is 18.1. The summed E-state index contributed by atoms with van der Waals surface area (Å²) < 4.78 is 13.3. The lowest BCUT2D eigenvalue weighted by atomic mass is 9.77. The molecule has 1 aliphatic carbocycles. The van der Waals surface area contributed by atoms with Crippen molar-refractivity contribution in [3.8, 4) is 0 Å². The van der Waals surface area contributed by atoms with Crippen LogP contribution in [-0.2, 0) is 0 Å². The molecule has 2 N–H and O–H groups in total. The minimum atomic E-state index is -0.165. The van der Waals surface area contributed by atoms with Crippen molar-refractivity contribution < 1.29 is 4.39 Å². The molecule has 1 aliphatic rings. The SMILES string of the molecule is Cl.N[C@@H](c1ccccc1F)C1CCC1.